The van der Waals surface area contributed by atoms with Crippen LogP contribution in [0.2, 0.25) is 0 Å². The lowest BCUT2D eigenvalue weighted by Gasteiger charge is -2.30. The summed E-state index contributed by atoms with van der Waals surface area (Å²) in [6, 6.07) is 5.22. The molecule has 0 radical (unpaired) electrons. The van der Waals surface area contributed by atoms with Crippen molar-refractivity contribution < 1.29 is 14.3 Å². The molecule has 2 rings (SSSR count). The average Bonchev–Trinajstić information content (AvgIpc) is 2.41. The van der Waals surface area contributed by atoms with Crippen LogP contribution in [-0.4, -0.2) is 26.2 Å². The SMILES string of the molecule is COc1ccc(C2NC(=O)CCC2N)c(OC)c1. The van der Waals surface area contributed by atoms with E-state index >= 15 is 0 Å². The molecule has 0 aliphatic carbocycles. The molecule has 1 fully saturated rings. The van der Waals surface area contributed by atoms with Crippen LogP contribution in [0.5, 0.6) is 11.5 Å². The maximum atomic E-state index is 11.5. The topological polar surface area (TPSA) is 73.6 Å². The van der Waals surface area contributed by atoms with Gasteiger partial charge in [0.15, 0.2) is 0 Å². The Morgan fingerprint density at radius 2 is 2.11 bits per heavy atom. The summed E-state index contributed by atoms with van der Waals surface area (Å²) in [7, 11) is 3.19. The third kappa shape index (κ3) is 2.41. The molecule has 98 valence electrons. The molecule has 1 amide bonds. The van der Waals surface area contributed by atoms with Gasteiger partial charge in [-0.2, -0.15) is 0 Å². The lowest BCUT2D eigenvalue weighted by atomic mass is 9.92. The highest BCUT2D eigenvalue weighted by Crippen LogP contribution is 2.33. The quantitative estimate of drug-likeness (QED) is 0.838. The molecule has 1 aliphatic heterocycles. The van der Waals surface area contributed by atoms with Crippen LogP contribution in [0.15, 0.2) is 18.2 Å². The number of methoxy groups -OCH3 is 2. The number of hydrogen-bond donors (Lipinski definition) is 2. The second kappa shape index (κ2) is 5.27. The predicted octanol–water partition coefficient (Wildman–Crippen LogP) is 0.982. The molecule has 1 aromatic rings. The Balaban J connectivity index is 2.33. The molecule has 2 atom stereocenters. The van der Waals surface area contributed by atoms with E-state index in [1.165, 1.54) is 0 Å². The van der Waals surface area contributed by atoms with Crippen molar-refractivity contribution in [3.8, 4) is 11.5 Å². The largest absolute Gasteiger partial charge is 0.497 e. The van der Waals surface area contributed by atoms with E-state index in [9.17, 15) is 4.79 Å². The highest BCUT2D eigenvalue weighted by Gasteiger charge is 2.29. The molecule has 1 heterocycles. The summed E-state index contributed by atoms with van der Waals surface area (Å²) in [5, 5.41) is 2.91. The van der Waals surface area contributed by atoms with Crippen LogP contribution in [-0.2, 0) is 4.79 Å². The van der Waals surface area contributed by atoms with Gasteiger partial charge in [0.2, 0.25) is 5.91 Å². The van der Waals surface area contributed by atoms with E-state index in [-0.39, 0.29) is 18.0 Å². The van der Waals surface area contributed by atoms with Gasteiger partial charge in [0, 0.05) is 24.1 Å². The molecule has 3 N–H and O–H groups in total. The summed E-state index contributed by atoms with van der Waals surface area (Å²) in [4.78, 5) is 11.5. The zero-order valence-electron chi connectivity index (χ0n) is 10.6. The summed E-state index contributed by atoms with van der Waals surface area (Å²) in [5.74, 6) is 1.42. The normalized spacial score (nSPS) is 23.4. The highest BCUT2D eigenvalue weighted by atomic mass is 16.5. The van der Waals surface area contributed by atoms with Gasteiger partial charge in [-0.05, 0) is 18.6 Å². The Kier molecular flexibility index (Phi) is 3.72. The minimum Gasteiger partial charge on any atom is -0.497 e. The van der Waals surface area contributed by atoms with Gasteiger partial charge in [-0.15, -0.1) is 0 Å². The summed E-state index contributed by atoms with van der Waals surface area (Å²) < 4.78 is 10.5. The van der Waals surface area contributed by atoms with Crippen LogP contribution in [0.4, 0.5) is 0 Å². The number of ether oxygens (including phenoxy) is 2. The zero-order valence-corrected chi connectivity index (χ0v) is 10.6. The number of piperidine rings is 1. The second-order valence-corrected chi connectivity index (χ2v) is 4.36. The van der Waals surface area contributed by atoms with Crippen molar-refractivity contribution >= 4 is 5.91 Å². The zero-order chi connectivity index (χ0) is 13.1. The van der Waals surface area contributed by atoms with Gasteiger partial charge in [0.25, 0.3) is 0 Å². The van der Waals surface area contributed by atoms with E-state index in [2.05, 4.69) is 5.32 Å². The van der Waals surface area contributed by atoms with Crippen LogP contribution in [0.25, 0.3) is 0 Å². The molecule has 1 saturated heterocycles. The fourth-order valence-electron chi connectivity index (χ4n) is 2.20. The molecule has 1 aromatic carbocycles. The summed E-state index contributed by atoms with van der Waals surface area (Å²) in [6.45, 7) is 0. The first kappa shape index (κ1) is 12.7. The van der Waals surface area contributed by atoms with Crippen molar-refractivity contribution in [3.05, 3.63) is 23.8 Å². The number of amides is 1. The van der Waals surface area contributed by atoms with Crippen LogP contribution >= 0.6 is 0 Å². The van der Waals surface area contributed by atoms with Crippen LogP contribution in [0.1, 0.15) is 24.4 Å². The summed E-state index contributed by atoms with van der Waals surface area (Å²) >= 11 is 0. The monoisotopic (exact) mass is 250 g/mol. The van der Waals surface area contributed by atoms with E-state index in [0.29, 0.717) is 24.3 Å². The Morgan fingerprint density at radius 3 is 2.78 bits per heavy atom. The van der Waals surface area contributed by atoms with E-state index in [1.54, 1.807) is 20.3 Å². The van der Waals surface area contributed by atoms with E-state index in [4.69, 9.17) is 15.2 Å². The van der Waals surface area contributed by atoms with Crippen LogP contribution in [0, 0.1) is 0 Å². The highest BCUT2D eigenvalue weighted by molar-refractivity contribution is 5.77. The lowest BCUT2D eigenvalue weighted by Crippen LogP contribution is -2.45. The Hall–Kier alpha value is -1.75. The number of nitrogens with one attached hydrogen (secondary N) is 1. The number of carbonyl (C=O) groups is 1. The summed E-state index contributed by atoms with van der Waals surface area (Å²) in [6.07, 6.45) is 1.17. The Labute approximate surface area is 106 Å². The van der Waals surface area contributed by atoms with Gasteiger partial charge in [0.05, 0.1) is 20.3 Å². The van der Waals surface area contributed by atoms with Crippen molar-refractivity contribution in [2.24, 2.45) is 5.73 Å². The van der Waals surface area contributed by atoms with Crippen molar-refractivity contribution in [3.63, 3.8) is 0 Å². The number of benzene rings is 1. The van der Waals surface area contributed by atoms with Crippen molar-refractivity contribution in [2.45, 2.75) is 24.9 Å². The number of nitrogens with two attached hydrogens (primary N) is 1. The number of rotatable bonds is 3. The van der Waals surface area contributed by atoms with Gasteiger partial charge in [-0.25, -0.2) is 0 Å². The molecule has 0 spiro atoms. The molecule has 1 aliphatic rings. The maximum Gasteiger partial charge on any atom is 0.220 e. The van der Waals surface area contributed by atoms with E-state index < -0.39 is 0 Å². The third-order valence-corrected chi connectivity index (χ3v) is 3.23. The van der Waals surface area contributed by atoms with Crippen molar-refractivity contribution in [2.75, 3.05) is 14.2 Å². The molecule has 0 saturated carbocycles. The Bertz CT molecular complexity index is 448. The molecule has 5 nitrogen and oxygen atoms in total. The van der Waals surface area contributed by atoms with E-state index in [1.807, 2.05) is 12.1 Å². The molecule has 2 unspecified atom stereocenters. The number of carbonyl (C=O) groups excluding carboxylic acids is 1. The standard InChI is InChI=1S/C13H18N2O3/c1-17-8-3-4-9(11(7-8)18-2)13-10(14)5-6-12(16)15-13/h3-4,7,10,13H,5-6,14H2,1-2H3,(H,15,16). The van der Waals surface area contributed by atoms with Gasteiger partial charge in [-0.3, -0.25) is 4.79 Å². The maximum absolute atomic E-state index is 11.5. The van der Waals surface area contributed by atoms with E-state index in [0.717, 1.165) is 5.56 Å². The predicted molar refractivity (Wildman–Crippen MR) is 67.6 cm³/mol. The first-order valence-electron chi connectivity index (χ1n) is 5.92. The van der Waals surface area contributed by atoms with Crippen molar-refractivity contribution in [1.82, 2.24) is 5.32 Å². The number of hydrogen-bond acceptors (Lipinski definition) is 4. The van der Waals surface area contributed by atoms with Gasteiger partial charge in [0.1, 0.15) is 11.5 Å². The minimum absolute atomic E-state index is 0.0274. The molecule has 18 heavy (non-hydrogen) atoms. The first-order valence-corrected chi connectivity index (χ1v) is 5.92. The fraction of sp³-hybridized carbons (Fsp3) is 0.462. The molecule has 5 heteroatoms. The smallest absolute Gasteiger partial charge is 0.220 e. The lowest BCUT2D eigenvalue weighted by molar-refractivity contribution is -0.123. The summed E-state index contributed by atoms with van der Waals surface area (Å²) in [5.41, 5.74) is 6.95. The fourth-order valence-corrected chi connectivity index (χ4v) is 2.20. The molecule has 0 aromatic heterocycles. The molecular formula is C13H18N2O3. The Morgan fingerprint density at radius 1 is 1.33 bits per heavy atom. The molecule has 0 bridgehead atoms. The first-order chi connectivity index (χ1) is 8.65. The third-order valence-electron chi connectivity index (χ3n) is 3.23. The van der Waals surface area contributed by atoms with Gasteiger partial charge in [-0.1, -0.05) is 0 Å². The minimum atomic E-state index is -0.202. The average molecular weight is 250 g/mol. The van der Waals surface area contributed by atoms with Crippen molar-refractivity contribution in [1.29, 1.82) is 0 Å². The molecular weight excluding hydrogens is 232 g/mol. The van der Waals surface area contributed by atoms with Gasteiger partial charge >= 0.3 is 0 Å². The van der Waals surface area contributed by atoms with Gasteiger partial charge < -0.3 is 20.5 Å². The van der Waals surface area contributed by atoms with Crippen LogP contribution < -0.4 is 20.5 Å². The second-order valence-electron chi connectivity index (χ2n) is 4.36. The van der Waals surface area contributed by atoms with Crippen LogP contribution in [0.3, 0.4) is 0 Å².